The maximum atomic E-state index is 12.9. The van der Waals surface area contributed by atoms with Crippen LogP contribution in [0.2, 0.25) is 0 Å². The summed E-state index contributed by atoms with van der Waals surface area (Å²) in [5.41, 5.74) is 2.00. The molecule has 0 aromatic heterocycles. The smallest absolute Gasteiger partial charge is 0.313 e. The van der Waals surface area contributed by atoms with Crippen LogP contribution in [0.5, 0.6) is 28.7 Å². The summed E-state index contributed by atoms with van der Waals surface area (Å²) >= 11 is 0. The molecule has 1 heterocycles. The normalized spacial score (nSPS) is 15.1. The first-order chi connectivity index (χ1) is 17.7. The zero-order chi connectivity index (χ0) is 26.7. The number of methoxy groups -OCH3 is 4. The minimum absolute atomic E-state index is 0.00734. The largest absolute Gasteiger partial charge is 0.493 e. The molecule has 4 rings (SSSR count). The molecule has 1 amide bonds. The van der Waals surface area contributed by atoms with Crippen LogP contribution >= 0.6 is 0 Å². The number of carbonyl (C=O) groups is 1. The summed E-state index contributed by atoms with van der Waals surface area (Å²) in [5.74, 6) is 0.783. The Bertz CT molecular complexity index is 1410. The van der Waals surface area contributed by atoms with Crippen LogP contribution in [-0.2, 0) is 20.7 Å². The third kappa shape index (κ3) is 5.05. The molecule has 0 spiro atoms. The lowest BCUT2D eigenvalue weighted by atomic mass is 9.88. The van der Waals surface area contributed by atoms with Crippen molar-refractivity contribution < 1.29 is 36.3 Å². The van der Waals surface area contributed by atoms with Crippen molar-refractivity contribution in [2.24, 2.45) is 0 Å². The third-order valence-electron chi connectivity index (χ3n) is 5.92. The van der Waals surface area contributed by atoms with Crippen molar-refractivity contribution in [2.45, 2.75) is 11.8 Å². The summed E-state index contributed by atoms with van der Waals surface area (Å²) in [6.45, 7) is 3.93. The quantitative estimate of drug-likeness (QED) is 0.220. The van der Waals surface area contributed by atoms with E-state index >= 15 is 0 Å². The maximum Gasteiger partial charge on any atom is 0.313 e. The third-order valence-corrected chi connectivity index (χ3v) is 7.04. The molecule has 1 aliphatic heterocycles. The lowest BCUT2D eigenvalue weighted by Crippen LogP contribution is -2.48. The molecule has 0 saturated carbocycles. The predicted octanol–water partition coefficient (Wildman–Crippen LogP) is 4.27. The second-order valence-electron chi connectivity index (χ2n) is 8.17. The van der Waals surface area contributed by atoms with Gasteiger partial charge in [-0.3, -0.25) is 9.69 Å². The minimum Gasteiger partial charge on any atom is -0.493 e. The molecule has 37 heavy (non-hydrogen) atoms. The number of hydrogen-bond acceptors (Lipinski definition) is 8. The monoisotopic (exact) mass is 525 g/mol. The fraction of sp³-hybridized carbons (Fsp3) is 0.222. The Balaban J connectivity index is 1.70. The lowest BCUT2D eigenvalue weighted by molar-refractivity contribution is -0.119. The zero-order valence-electron chi connectivity index (χ0n) is 20.9. The summed E-state index contributed by atoms with van der Waals surface area (Å²) in [7, 11) is 1.88. The first kappa shape index (κ1) is 25.9. The number of β-lactam (4-membered cyclic amide) rings is 1. The highest BCUT2D eigenvalue weighted by Crippen LogP contribution is 2.48. The summed E-state index contributed by atoms with van der Waals surface area (Å²) in [5, 5.41) is 0. The average Bonchev–Trinajstić information content (AvgIpc) is 2.90. The van der Waals surface area contributed by atoms with Crippen molar-refractivity contribution >= 4 is 21.7 Å². The zero-order valence-corrected chi connectivity index (χ0v) is 21.7. The first-order valence-electron chi connectivity index (χ1n) is 11.2. The molecule has 1 saturated heterocycles. The number of hydrogen-bond donors (Lipinski definition) is 0. The van der Waals surface area contributed by atoms with Crippen molar-refractivity contribution in [3.63, 3.8) is 0 Å². The van der Waals surface area contributed by atoms with Crippen molar-refractivity contribution in [2.75, 3.05) is 33.3 Å². The molecule has 3 aromatic rings. The number of carbonyl (C=O) groups excluding carboxylic acids is 1. The van der Waals surface area contributed by atoms with E-state index in [1.807, 2.05) is 0 Å². The number of benzene rings is 3. The standard InChI is InChI=1S/C27H27NO8S/c1-17-25(28(27(17)29)20-14-23(33-3)26(35-5)24(15-20)34-4)19-11-12-21(32-2)22(13-19)36-37(30,31)16-18-9-7-6-8-10-18/h6-15,25H,1,16H2,2-5H3/t25-/m1/s1. The Hall–Kier alpha value is -4.18. The van der Waals surface area contributed by atoms with E-state index in [-0.39, 0.29) is 23.2 Å². The molecule has 0 aliphatic carbocycles. The van der Waals surface area contributed by atoms with E-state index < -0.39 is 16.2 Å². The Morgan fingerprint density at radius 2 is 1.43 bits per heavy atom. The van der Waals surface area contributed by atoms with Gasteiger partial charge in [-0.15, -0.1) is 0 Å². The molecular weight excluding hydrogens is 498 g/mol. The molecule has 1 fully saturated rings. The first-order valence-corrected chi connectivity index (χ1v) is 12.8. The van der Waals surface area contributed by atoms with Crippen LogP contribution in [-0.4, -0.2) is 42.8 Å². The van der Waals surface area contributed by atoms with Crippen molar-refractivity contribution in [1.29, 1.82) is 0 Å². The van der Waals surface area contributed by atoms with Gasteiger partial charge in [0.15, 0.2) is 23.0 Å². The van der Waals surface area contributed by atoms with Gasteiger partial charge in [-0.2, -0.15) is 8.42 Å². The number of ether oxygens (including phenoxy) is 4. The van der Waals surface area contributed by atoms with Gasteiger partial charge in [-0.05, 0) is 23.3 Å². The van der Waals surface area contributed by atoms with E-state index in [0.29, 0.717) is 39.6 Å². The van der Waals surface area contributed by atoms with Gasteiger partial charge < -0.3 is 23.1 Å². The fourth-order valence-electron chi connectivity index (χ4n) is 4.17. The molecule has 10 heteroatoms. The van der Waals surface area contributed by atoms with Crippen LogP contribution in [0.15, 0.2) is 72.8 Å². The van der Waals surface area contributed by atoms with Gasteiger partial charge >= 0.3 is 10.1 Å². The summed E-state index contributed by atoms with van der Waals surface area (Å²) in [4.78, 5) is 14.4. The molecule has 0 bridgehead atoms. The number of amides is 1. The molecule has 0 radical (unpaired) electrons. The Morgan fingerprint density at radius 1 is 0.811 bits per heavy atom. The minimum atomic E-state index is -4.00. The molecule has 3 aromatic carbocycles. The Kier molecular flexibility index (Phi) is 7.30. The number of nitrogens with zero attached hydrogens (tertiary/aromatic N) is 1. The Labute approximate surface area is 215 Å². The highest BCUT2D eigenvalue weighted by molar-refractivity contribution is 7.86. The second-order valence-corrected chi connectivity index (χ2v) is 9.74. The lowest BCUT2D eigenvalue weighted by Gasteiger charge is -2.42. The van der Waals surface area contributed by atoms with E-state index in [2.05, 4.69) is 6.58 Å². The molecule has 0 unspecified atom stereocenters. The van der Waals surface area contributed by atoms with E-state index in [0.717, 1.165) is 0 Å². The van der Waals surface area contributed by atoms with Gasteiger partial charge in [-0.1, -0.05) is 43.0 Å². The van der Waals surface area contributed by atoms with E-state index in [9.17, 15) is 13.2 Å². The van der Waals surface area contributed by atoms with Gasteiger partial charge in [0.05, 0.1) is 40.2 Å². The highest BCUT2D eigenvalue weighted by atomic mass is 32.2. The van der Waals surface area contributed by atoms with Crippen LogP contribution in [0.25, 0.3) is 0 Å². The summed E-state index contributed by atoms with van der Waals surface area (Å²) in [6, 6.07) is 16.3. The SMILES string of the molecule is C=C1C(=O)N(c2cc(OC)c(OC)c(OC)c2)[C@H]1c1ccc(OC)c(OS(=O)(=O)Cc2ccccc2)c1. The van der Waals surface area contributed by atoms with Crippen LogP contribution in [0.1, 0.15) is 17.2 Å². The van der Waals surface area contributed by atoms with Crippen LogP contribution in [0.4, 0.5) is 5.69 Å². The maximum absolute atomic E-state index is 12.9. The molecule has 0 N–H and O–H groups in total. The van der Waals surface area contributed by atoms with Gasteiger partial charge in [-0.25, -0.2) is 0 Å². The molecule has 1 aliphatic rings. The highest BCUT2D eigenvalue weighted by Gasteiger charge is 2.43. The van der Waals surface area contributed by atoms with Crippen LogP contribution < -0.4 is 28.0 Å². The molecule has 194 valence electrons. The van der Waals surface area contributed by atoms with E-state index in [1.54, 1.807) is 54.6 Å². The van der Waals surface area contributed by atoms with Gasteiger partial charge in [0.25, 0.3) is 5.91 Å². The van der Waals surface area contributed by atoms with E-state index in [4.69, 9.17) is 23.1 Å². The van der Waals surface area contributed by atoms with Crippen molar-refractivity contribution in [3.8, 4) is 28.7 Å². The fourth-order valence-corrected chi connectivity index (χ4v) is 5.24. The van der Waals surface area contributed by atoms with Crippen molar-refractivity contribution in [3.05, 3.63) is 83.9 Å². The molecular formula is C27H27NO8S. The predicted molar refractivity (Wildman–Crippen MR) is 138 cm³/mol. The average molecular weight is 526 g/mol. The van der Waals surface area contributed by atoms with Crippen molar-refractivity contribution in [1.82, 2.24) is 0 Å². The Morgan fingerprint density at radius 3 is 2.00 bits per heavy atom. The van der Waals surface area contributed by atoms with Crippen LogP contribution in [0.3, 0.4) is 0 Å². The molecule has 9 nitrogen and oxygen atoms in total. The topological polar surface area (TPSA) is 101 Å². The van der Waals surface area contributed by atoms with Gasteiger partial charge in [0.1, 0.15) is 5.75 Å². The number of anilines is 1. The van der Waals surface area contributed by atoms with Gasteiger partial charge in [0.2, 0.25) is 5.75 Å². The summed E-state index contributed by atoms with van der Waals surface area (Å²) in [6.07, 6.45) is 0. The van der Waals surface area contributed by atoms with Gasteiger partial charge in [0, 0.05) is 17.7 Å². The number of rotatable bonds is 10. The van der Waals surface area contributed by atoms with E-state index in [1.165, 1.54) is 39.4 Å². The summed E-state index contributed by atoms with van der Waals surface area (Å²) < 4.78 is 52.6. The second kappa shape index (κ2) is 10.4. The molecule has 1 atom stereocenters. The van der Waals surface area contributed by atoms with Crippen LogP contribution in [0, 0.1) is 0 Å².